The van der Waals surface area contributed by atoms with Crippen LogP contribution in [0.1, 0.15) is 33.5 Å². The highest BCUT2D eigenvalue weighted by atomic mass is 35.5. The van der Waals surface area contributed by atoms with Gasteiger partial charge in [-0.2, -0.15) is 0 Å². The molecule has 0 aromatic heterocycles. The molecule has 0 radical (unpaired) electrons. The van der Waals surface area contributed by atoms with Crippen LogP contribution in [0.4, 0.5) is 5.69 Å². The number of carbonyl (C=O) groups excluding carboxylic acids is 2. The van der Waals surface area contributed by atoms with Crippen LogP contribution in [-0.2, 0) is 10.4 Å². The van der Waals surface area contributed by atoms with Crippen LogP contribution in [0.3, 0.4) is 0 Å². The van der Waals surface area contributed by atoms with E-state index < -0.39 is 11.5 Å². The number of aryl methyl sites for hydroxylation is 2. The molecule has 1 amide bonds. The van der Waals surface area contributed by atoms with Crippen molar-refractivity contribution < 1.29 is 14.7 Å². The van der Waals surface area contributed by atoms with Crippen LogP contribution in [0.25, 0.3) is 0 Å². The van der Waals surface area contributed by atoms with Crippen LogP contribution in [-0.4, -0.2) is 23.8 Å². The fraction of sp³-hybridized carbons (Fsp3) is 0.263. The van der Waals surface area contributed by atoms with Gasteiger partial charge < -0.3 is 10.0 Å². The van der Waals surface area contributed by atoms with Crippen molar-refractivity contribution in [1.82, 2.24) is 0 Å². The molecule has 2 aromatic rings. The maximum absolute atomic E-state index is 12.7. The Labute approximate surface area is 145 Å². The van der Waals surface area contributed by atoms with Crippen molar-refractivity contribution in [2.24, 2.45) is 0 Å². The largest absolute Gasteiger partial charge is 0.375 e. The first-order valence-electron chi connectivity index (χ1n) is 7.65. The predicted octanol–water partition coefficient (Wildman–Crippen LogP) is 3.39. The minimum Gasteiger partial charge on any atom is -0.375 e. The van der Waals surface area contributed by atoms with E-state index in [9.17, 15) is 14.7 Å². The van der Waals surface area contributed by atoms with Crippen LogP contribution in [0.2, 0.25) is 5.02 Å². The monoisotopic (exact) mass is 343 g/mol. The number of nitrogens with zero attached hydrogens (tertiary/aromatic N) is 1. The molecule has 0 aliphatic carbocycles. The number of likely N-dealkylation sites (N-methyl/N-ethyl adjacent to an activating group) is 1. The lowest BCUT2D eigenvalue weighted by Crippen LogP contribution is -2.40. The first-order chi connectivity index (χ1) is 11.2. The number of aliphatic hydroxyl groups is 1. The maximum Gasteiger partial charge on any atom is 0.263 e. The van der Waals surface area contributed by atoms with Crippen molar-refractivity contribution >= 4 is 29.0 Å². The van der Waals surface area contributed by atoms with E-state index in [1.54, 1.807) is 31.3 Å². The minimum atomic E-state index is -1.89. The molecule has 0 spiro atoms. The summed E-state index contributed by atoms with van der Waals surface area (Å²) in [5, 5.41) is 11.4. The second-order valence-corrected chi connectivity index (χ2v) is 6.74. The predicted molar refractivity (Wildman–Crippen MR) is 93.6 cm³/mol. The Morgan fingerprint density at radius 1 is 1.21 bits per heavy atom. The molecule has 0 saturated heterocycles. The van der Waals surface area contributed by atoms with E-state index in [4.69, 9.17) is 11.6 Å². The van der Waals surface area contributed by atoms with Crippen LogP contribution in [0.15, 0.2) is 36.4 Å². The number of hydrogen-bond donors (Lipinski definition) is 1. The first-order valence-corrected chi connectivity index (χ1v) is 8.03. The van der Waals surface area contributed by atoms with Gasteiger partial charge in [0.15, 0.2) is 11.4 Å². The Balaban J connectivity index is 2.01. The molecule has 1 atom stereocenters. The summed E-state index contributed by atoms with van der Waals surface area (Å²) in [6, 6.07) is 10.4. The maximum atomic E-state index is 12.7. The molecule has 1 N–H and O–H groups in total. The molecule has 5 heteroatoms. The van der Waals surface area contributed by atoms with Gasteiger partial charge in [0.25, 0.3) is 5.91 Å². The Kier molecular flexibility index (Phi) is 3.98. The van der Waals surface area contributed by atoms with Crippen molar-refractivity contribution in [3.8, 4) is 0 Å². The molecule has 0 bridgehead atoms. The fourth-order valence-corrected chi connectivity index (χ4v) is 3.43. The highest BCUT2D eigenvalue weighted by molar-refractivity contribution is 6.31. The molecule has 1 heterocycles. The standard InChI is InChI=1S/C19H18ClNO3/c1-11-4-6-14(12(2)8-11)17(22)10-19(24)15-9-13(20)5-7-16(15)21(3)18(19)23/h4-9,24H,10H2,1-3H3/t19-/m0/s1. The van der Waals surface area contributed by atoms with E-state index in [1.807, 2.05) is 26.0 Å². The van der Waals surface area contributed by atoms with Gasteiger partial charge in [0.05, 0.1) is 12.1 Å². The third-order valence-corrected chi connectivity index (χ3v) is 4.76. The van der Waals surface area contributed by atoms with Crippen molar-refractivity contribution in [3.63, 3.8) is 0 Å². The second kappa shape index (κ2) is 5.72. The smallest absolute Gasteiger partial charge is 0.263 e. The molecular formula is C19H18ClNO3. The Bertz CT molecular complexity index is 862. The number of benzene rings is 2. The zero-order valence-corrected chi connectivity index (χ0v) is 14.5. The normalized spacial score (nSPS) is 19.5. The van der Waals surface area contributed by atoms with Crippen molar-refractivity contribution in [2.45, 2.75) is 25.9 Å². The van der Waals surface area contributed by atoms with Crippen LogP contribution in [0.5, 0.6) is 0 Å². The van der Waals surface area contributed by atoms with Crippen molar-refractivity contribution in [3.05, 3.63) is 63.7 Å². The quantitative estimate of drug-likeness (QED) is 0.869. The number of carbonyl (C=O) groups is 2. The van der Waals surface area contributed by atoms with Crippen LogP contribution in [0, 0.1) is 13.8 Å². The van der Waals surface area contributed by atoms with Gasteiger partial charge in [-0.3, -0.25) is 9.59 Å². The number of anilines is 1. The molecule has 4 nitrogen and oxygen atoms in total. The van der Waals surface area contributed by atoms with E-state index in [-0.39, 0.29) is 12.2 Å². The average Bonchev–Trinajstić information content (AvgIpc) is 2.69. The summed E-state index contributed by atoms with van der Waals surface area (Å²) < 4.78 is 0. The van der Waals surface area contributed by atoms with Gasteiger partial charge in [-0.1, -0.05) is 35.4 Å². The second-order valence-electron chi connectivity index (χ2n) is 6.30. The van der Waals surface area contributed by atoms with Crippen LogP contribution < -0.4 is 4.90 Å². The van der Waals surface area contributed by atoms with Crippen molar-refractivity contribution in [2.75, 3.05) is 11.9 Å². The first kappa shape index (κ1) is 16.7. The van der Waals surface area contributed by atoms with Gasteiger partial charge in [-0.05, 0) is 37.6 Å². The molecule has 124 valence electrons. The highest BCUT2D eigenvalue weighted by Crippen LogP contribution is 2.43. The van der Waals surface area contributed by atoms with Crippen LogP contribution >= 0.6 is 11.6 Å². The molecule has 3 rings (SSSR count). The number of ketones is 1. The van der Waals surface area contributed by atoms with E-state index in [0.29, 0.717) is 21.8 Å². The lowest BCUT2D eigenvalue weighted by atomic mass is 9.87. The van der Waals surface area contributed by atoms with E-state index in [0.717, 1.165) is 11.1 Å². The van der Waals surface area contributed by atoms with Crippen molar-refractivity contribution in [1.29, 1.82) is 0 Å². The molecular weight excluding hydrogens is 326 g/mol. The third kappa shape index (κ3) is 2.52. The van der Waals surface area contributed by atoms with E-state index >= 15 is 0 Å². The van der Waals surface area contributed by atoms with Gasteiger partial charge in [0.1, 0.15) is 0 Å². The van der Waals surface area contributed by atoms with Gasteiger partial charge in [-0.25, -0.2) is 0 Å². The summed E-state index contributed by atoms with van der Waals surface area (Å²) in [5.74, 6) is -0.789. The summed E-state index contributed by atoms with van der Waals surface area (Å²) in [6.45, 7) is 3.79. The lowest BCUT2D eigenvalue weighted by molar-refractivity contribution is -0.135. The molecule has 0 saturated carbocycles. The average molecular weight is 344 g/mol. The Hall–Kier alpha value is -2.17. The summed E-state index contributed by atoms with van der Waals surface area (Å²) in [4.78, 5) is 26.7. The van der Waals surface area contributed by atoms with Gasteiger partial charge in [-0.15, -0.1) is 0 Å². The number of fused-ring (bicyclic) bond motifs is 1. The molecule has 0 fully saturated rings. The number of halogens is 1. The van der Waals surface area contributed by atoms with Gasteiger partial charge >= 0.3 is 0 Å². The number of amides is 1. The summed E-state index contributed by atoms with van der Waals surface area (Å²) in [6.07, 6.45) is -0.312. The molecule has 24 heavy (non-hydrogen) atoms. The van der Waals surface area contributed by atoms with Gasteiger partial charge in [0, 0.05) is 23.2 Å². The van der Waals surface area contributed by atoms with E-state index in [1.165, 1.54) is 4.90 Å². The Morgan fingerprint density at radius 3 is 2.58 bits per heavy atom. The lowest BCUT2D eigenvalue weighted by Gasteiger charge is -2.21. The third-order valence-electron chi connectivity index (χ3n) is 4.52. The zero-order chi connectivity index (χ0) is 17.6. The molecule has 1 aliphatic heterocycles. The summed E-state index contributed by atoms with van der Waals surface area (Å²) in [7, 11) is 1.58. The number of rotatable bonds is 3. The Morgan fingerprint density at radius 2 is 1.92 bits per heavy atom. The fourth-order valence-electron chi connectivity index (χ4n) is 3.26. The van der Waals surface area contributed by atoms with E-state index in [2.05, 4.69) is 0 Å². The minimum absolute atomic E-state index is 0.274. The molecule has 0 unspecified atom stereocenters. The molecule has 2 aromatic carbocycles. The molecule has 1 aliphatic rings. The number of Topliss-reactive ketones (excluding diaryl/α,β-unsaturated/α-hetero) is 1. The zero-order valence-electron chi connectivity index (χ0n) is 13.8. The topological polar surface area (TPSA) is 57.6 Å². The van der Waals surface area contributed by atoms with Gasteiger partial charge in [0.2, 0.25) is 0 Å². The number of hydrogen-bond acceptors (Lipinski definition) is 3. The highest BCUT2D eigenvalue weighted by Gasteiger charge is 2.49. The summed E-state index contributed by atoms with van der Waals surface area (Å²) in [5.41, 5.74) is 1.45. The SMILES string of the molecule is Cc1ccc(C(=O)C[C@@]2(O)C(=O)N(C)c3ccc(Cl)cc32)c(C)c1. The summed E-state index contributed by atoms with van der Waals surface area (Å²) >= 11 is 6.02.